The molecule has 3 rings (SSSR count). The first kappa shape index (κ1) is 14.4. The molecule has 0 saturated carbocycles. The number of furan rings is 1. The van der Waals surface area contributed by atoms with Crippen molar-refractivity contribution in [3.63, 3.8) is 0 Å². The lowest BCUT2D eigenvalue weighted by molar-refractivity contribution is -0.122. The minimum Gasteiger partial charge on any atom is -0.479 e. The van der Waals surface area contributed by atoms with Gasteiger partial charge in [0.15, 0.2) is 11.2 Å². The maximum Gasteiger partial charge on any atom is 0.265 e. The van der Waals surface area contributed by atoms with Gasteiger partial charge in [-0.15, -0.1) is 0 Å². The number of benzene rings is 1. The lowest BCUT2D eigenvalue weighted by atomic mass is 10.2. The summed E-state index contributed by atoms with van der Waals surface area (Å²) in [5.74, 6) is 1.28. The molecule has 1 atom stereocenters. The zero-order valence-electron chi connectivity index (χ0n) is 11.9. The van der Waals surface area contributed by atoms with Crippen molar-refractivity contribution in [3.8, 4) is 5.75 Å². The Morgan fingerprint density at radius 1 is 1.41 bits per heavy atom. The first-order valence-electron chi connectivity index (χ1n) is 6.80. The Balaban J connectivity index is 1.62. The fraction of sp³-hybridized carbons (Fsp3) is 0.200. The highest BCUT2D eigenvalue weighted by molar-refractivity contribution is 7.80. The summed E-state index contributed by atoms with van der Waals surface area (Å²) in [5, 5.41) is 9.35. The third-order valence-electron chi connectivity index (χ3n) is 3.17. The second-order valence-corrected chi connectivity index (χ2v) is 5.26. The zero-order chi connectivity index (χ0) is 15.5. The standard InChI is InChI=1S/C15H15N3O3S/c1-9-14(19)18-12-7-10(4-5-13(12)21-9)17-15(22)16-8-11-3-2-6-20-11/h2-7,9H,8H2,1H3,(H,18,19)(H2,16,17,22)/t9-/m1/s1. The minimum atomic E-state index is -0.484. The molecule has 22 heavy (non-hydrogen) atoms. The number of carbonyl (C=O) groups is 1. The summed E-state index contributed by atoms with van der Waals surface area (Å²) in [7, 11) is 0. The molecule has 6 nitrogen and oxygen atoms in total. The van der Waals surface area contributed by atoms with Crippen LogP contribution in [0.5, 0.6) is 5.75 Å². The van der Waals surface area contributed by atoms with Crippen LogP contribution in [0.15, 0.2) is 41.0 Å². The van der Waals surface area contributed by atoms with Crippen molar-refractivity contribution >= 4 is 34.6 Å². The summed E-state index contributed by atoms with van der Waals surface area (Å²) >= 11 is 5.22. The van der Waals surface area contributed by atoms with E-state index in [2.05, 4.69) is 16.0 Å². The minimum absolute atomic E-state index is 0.164. The fourth-order valence-electron chi connectivity index (χ4n) is 2.04. The molecule has 1 aromatic carbocycles. The van der Waals surface area contributed by atoms with Gasteiger partial charge in [0.1, 0.15) is 11.5 Å². The Hall–Kier alpha value is -2.54. The van der Waals surface area contributed by atoms with Gasteiger partial charge in [-0.05, 0) is 49.5 Å². The molecule has 2 aromatic rings. The lowest BCUT2D eigenvalue weighted by Crippen LogP contribution is -2.34. The topological polar surface area (TPSA) is 75.5 Å². The monoisotopic (exact) mass is 317 g/mol. The van der Waals surface area contributed by atoms with Gasteiger partial charge in [-0.1, -0.05) is 0 Å². The highest BCUT2D eigenvalue weighted by Gasteiger charge is 2.23. The third-order valence-corrected chi connectivity index (χ3v) is 3.42. The van der Waals surface area contributed by atoms with Crippen molar-refractivity contribution in [2.45, 2.75) is 19.6 Å². The van der Waals surface area contributed by atoms with Gasteiger partial charge in [0, 0.05) is 5.69 Å². The van der Waals surface area contributed by atoms with Gasteiger partial charge in [-0.25, -0.2) is 0 Å². The number of anilines is 2. The Labute approximate surface area is 132 Å². The molecule has 0 aliphatic carbocycles. The Bertz CT molecular complexity index is 700. The van der Waals surface area contributed by atoms with Crippen molar-refractivity contribution in [2.24, 2.45) is 0 Å². The van der Waals surface area contributed by atoms with Gasteiger partial charge < -0.3 is 25.1 Å². The summed E-state index contributed by atoms with van der Waals surface area (Å²) in [6, 6.07) is 9.09. The lowest BCUT2D eigenvalue weighted by Gasteiger charge is -2.23. The molecule has 1 amide bonds. The first-order valence-corrected chi connectivity index (χ1v) is 7.21. The number of thiocarbonyl (C=S) groups is 1. The van der Waals surface area contributed by atoms with Crippen molar-refractivity contribution in [3.05, 3.63) is 42.4 Å². The maximum atomic E-state index is 11.6. The molecule has 1 aliphatic heterocycles. The van der Waals surface area contributed by atoms with Gasteiger partial charge in [-0.2, -0.15) is 0 Å². The number of carbonyl (C=O) groups excluding carboxylic acids is 1. The summed E-state index contributed by atoms with van der Waals surface area (Å²) in [5.41, 5.74) is 1.39. The van der Waals surface area contributed by atoms with E-state index in [9.17, 15) is 4.79 Å². The van der Waals surface area contributed by atoms with E-state index in [0.29, 0.717) is 23.1 Å². The number of hydrogen-bond acceptors (Lipinski definition) is 4. The van der Waals surface area contributed by atoms with Gasteiger partial charge >= 0.3 is 0 Å². The van der Waals surface area contributed by atoms with Crippen LogP contribution in [0.2, 0.25) is 0 Å². The molecule has 1 aliphatic rings. The SMILES string of the molecule is C[C@H]1Oc2ccc(NC(=S)NCc3ccco3)cc2NC1=O. The van der Waals surface area contributed by atoms with Crippen LogP contribution >= 0.6 is 12.2 Å². The van der Waals surface area contributed by atoms with Crippen molar-refractivity contribution in [2.75, 3.05) is 10.6 Å². The quantitative estimate of drug-likeness (QED) is 0.755. The summed E-state index contributed by atoms with van der Waals surface area (Å²) in [6.45, 7) is 2.21. The van der Waals surface area contributed by atoms with Crippen LogP contribution < -0.4 is 20.7 Å². The van der Waals surface area contributed by atoms with Crippen LogP contribution in [0.4, 0.5) is 11.4 Å². The van der Waals surface area contributed by atoms with Crippen LogP contribution in [0.3, 0.4) is 0 Å². The highest BCUT2D eigenvalue weighted by atomic mass is 32.1. The Kier molecular flexibility index (Phi) is 3.97. The van der Waals surface area contributed by atoms with Gasteiger partial charge in [0.25, 0.3) is 5.91 Å². The van der Waals surface area contributed by atoms with E-state index >= 15 is 0 Å². The molecule has 0 fully saturated rings. The fourth-order valence-corrected chi connectivity index (χ4v) is 2.23. The number of ether oxygens (including phenoxy) is 1. The summed E-state index contributed by atoms with van der Waals surface area (Å²) < 4.78 is 10.7. The van der Waals surface area contributed by atoms with Crippen molar-refractivity contribution in [1.29, 1.82) is 0 Å². The number of amides is 1. The van der Waals surface area contributed by atoms with E-state index < -0.39 is 6.10 Å². The van der Waals surface area contributed by atoms with Crippen LogP contribution in [0.1, 0.15) is 12.7 Å². The molecule has 0 radical (unpaired) electrons. The highest BCUT2D eigenvalue weighted by Crippen LogP contribution is 2.32. The maximum absolute atomic E-state index is 11.6. The molecule has 7 heteroatoms. The van der Waals surface area contributed by atoms with Crippen molar-refractivity contribution < 1.29 is 13.9 Å². The molecule has 3 N–H and O–H groups in total. The van der Waals surface area contributed by atoms with Crippen molar-refractivity contribution in [1.82, 2.24) is 5.32 Å². The number of fused-ring (bicyclic) bond motifs is 1. The number of hydrogen-bond donors (Lipinski definition) is 3. The Morgan fingerprint density at radius 2 is 2.27 bits per heavy atom. The molecule has 1 aromatic heterocycles. The zero-order valence-corrected chi connectivity index (χ0v) is 12.7. The number of nitrogens with one attached hydrogen (secondary N) is 3. The van der Waals surface area contributed by atoms with Gasteiger partial charge in [0.05, 0.1) is 18.5 Å². The molecule has 2 heterocycles. The van der Waals surface area contributed by atoms with E-state index in [4.69, 9.17) is 21.4 Å². The second-order valence-electron chi connectivity index (χ2n) is 4.85. The average molecular weight is 317 g/mol. The van der Waals surface area contributed by atoms with E-state index in [1.54, 1.807) is 25.3 Å². The second kappa shape index (κ2) is 6.07. The first-order chi connectivity index (χ1) is 10.6. The van der Waals surface area contributed by atoms with E-state index in [-0.39, 0.29) is 5.91 Å². The molecular weight excluding hydrogens is 302 g/mol. The van der Waals surface area contributed by atoms with Gasteiger partial charge in [0.2, 0.25) is 0 Å². The normalized spacial score (nSPS) is 16.2. The Morgan fingerprint density at radius 3 is 3.05 bits per heavy atom. The predicted molar refractivity (Wildman–Crippen MR) is 86.9 cm³/mol. The summed E-state index contributed by atoms with van der Waals surface area (Å²) in [4.78, 5) is 11.6. The number of rotatable bonds is 3. The van der Waals surface area contributed by atoms with Crippen LogP contribution in [-0.4, -0.2) is 17.1 Å². The van der Waals surface area contributed by atoms with E-state index in [1.165, 1.54) is 0 Å². The largest absolute Gasteiger partial charge is 0.479 e. The van der Waals surface area contributed by atoms with Gasteiger partial charge in [-0.3, -0.25) is 4.79 Å². The van der Waals surface area contributed by atoms with Crippen LogP contribution in [0, 0.1) is 0 Å². The molecule has 0 unspecified atom stereocenters. The average Bonchev–Trinajstić information content (AvgIpc) is 3.00. The molecule has 0 bridgehead atoms. The third kappa shape index (κ3) is 3.20. The molecular formula is C15H15N3O3S. The molecule has 0 saturated heterocycles. The van der Waals surface area contributed by atoms with E-state index in [1.807, 2.05) is 18.2 Å². The summed E-state index contributed by atoms with van der Waals surface area (Å²) in [6.07, 6.45) is 1.13. The van der Waals surface area contributed by atoms with Crippen LogP contribution in [0.25, 0.3) is 0 Å². The molecule has 114 valence electrons. The van der Waals surface area contributed by atoms with Crippen LogP contribution in [-0.2, 0) is 11.3 Å². The predicted octanol–water partition coefficient (Wildman–Crippen LogP) is 2.49. The molecule has 0 spiro atoms. The van der Waals surface area contributed by atoms with E-state index in [0.717, 1.165) is 11.4 Å². The smallest absolute Gasteiger partial charge is 0.265 e.